The van der Waals surface area contributed by atoms with Gasteiger partial charge in [-0.05, 0) is 16.7 Å². The number of Topliss-reactive ketones (excluding diaryl/α,β-unsaturated/α-hetero) is 1. The molecule has 0 aromatic heterocycles. The van der Waals surface area contributed by atoms with Crippen molar-refractivity contribution in [3.05, 3.63) is 107 Å². The number of carbonyl (C=O) groups is 1. The fourth-order valence-electron chi connectivity index (χ4n) is 3.76. The number of hydrogen-bond donors (Lipinski definition) is 1. The Bertz CT molecular complexity index is 816. The third-order valence-electron chi connectivity index (χ3n) is 4.86. The molecule has 4 rings (SSSR count). The Morgan fingerprint density at radius 2 is 1.21 bits per heavy atom. The standard InChI is InChI=1S/C22H18O2/c23-21-17-13-7-8-14-18(17)22(24)20(21)19(15-9-3-1-4-10-15)16-11-5-2-6-12-16/h1-14,19-21,23H. The molecule has 0 radical (unpaired) electrons. The maximum Gasteiger partial charge on any atom is 0.170 e. The fraction of sp³-hybridized carbons (Fsp3) is 0.136. The lowest BCUT2D eigenvalue weighted by Crippen LogP contribution is -2.23. The van der Waals surface area contributed by atoms with Crippen LogP contribution in [-0.2, 0) is 0 Å². The van der Waals surface area contributed by atoms with Gasteiger partial charge in [-0.1, -0.05) is 84.9 Å². The molecule has 0 bridgehead atoms. The summed E-state index contributed by atoms with van der Waals surface area (Å²) >= 11 is 0. The molecular weight excluding hydrogens is 296 g/mol. The van der Waals surface area contributed by atoms with Crippen LogP contribution in [0.15, 0.2) is 84.9 Å². The average Bonchev–Trinajstić information content (AvgIpc) is 2.90. The Kier molecular flexibility index (Phi) is 3.75. The molecule has 2 atom stereocenters. The second kappa shape index (κ2) is 6.06. The molecule has 0 saturated carbocycles. The summed E-state index contributed by atoms with van der Waals surface area (Å²) in [5.74, 6) is -0.634. The van der Waals surface area contributed by atoms with Crippen LogP contribution in [0.4, 0.5) is 0 Å². The summed E-state index contributed by atoms with van der Waals surface area (Å²) in [5, 5.41) is 10.9. The number of aliphatic hydroxyl groups excluding tert-OH is 1. The number of fused-ring (bicyclic) bond motifs is 1. The van der Waals surface area contributed by atoms with Crippen LogP contribution in [0.1, 0.15) is 39.1 Å². The second-order valence-corrected chi connectivity index (χ2v) is 6.22. The molecule has 0 saturated heterocycles. The highest BCUT2D eigenvalue weighted by molar-refractivity contribution is 6.03. The Balaban J connectivity index is 1.85. The SMILES string of the molecule is O=C1c2ccccc2C(O)C1C(c1ccccc1)c1ccccc1. The molecule has 3 aromatic carbocycles. The van der Waals surface area contributed by atoms with Crippen molar-refractivity contribution in [2.45, 2.75) is 12.0 Å². The van der Waals surface area contributed by atoms with Crippen LogP contribution in [0.2, 0.25) is 0 Å². The number of rotatable bonds is 3. The lowest BCUT2D eigenvalue weighted by Gasteiger charge is -2.26. The van der Waals surface area contributed by atoms with E-state index in [-0.39, 0.29) is 11.7 Å². The zero-order chi connectivity index (χ0) is 16.5. The molecule has 2 unspecified atom stereocenters. The lowest BCUT2D eigenvalue weighted by atomic mass is 9.77. The largest absolute Gasteiger partial charge is 0.388 e. The average molecular weight is 314 g/mol. The van der Waals surface area contributed by atoms with E-state index in [1.807, 2.05) is 84.9 Å². The molecule has 0 aliphatic heterocycles. The summed E-state index contributed by atoms with van der Waals surface area (Å²) in [7, 11) is 0. The van der Waals surface area contributed by atoms with Gasteiger partial charge in [-0.25, -0.2) is 0 Å². The van der Waals surface area contributed by atoms with E-state index in [1.54, 1.807) is 0 Å². The minimum atomic E-state index is -0.779. The predicted molar refractivity (Wildman–Crippen MR) is 93.9 cm³/mol. The van der Waals surface area contributed by atoms with E-state index in [2.05, 4.69) is 0 Å². The number of hydrogen-bond acceptors (Lipinski definition) is 2. The van der Waals surface area contributed by atoms with Gasteiger partial charge in [0.05, 0.1) is 12.0 Å². The van der Waals surface area contributed by atoms with Crippen molar-refractivity contribution in [3.8, 4) is 0 Å². The molecule has 2 heteroatoms. The van der Waals surface area contributed by atoms with E-state index >= 15 is 0 Å². The van der Waals surface area contributed by atoms with Gasteiger partial charge in [-0.15, -0.1) is 0 Å². The first-order valence-corrected chi connectivity index (χ1v) is 8.18. The predicted octanol–water partition coefficient (Wildman–Crippen LogP) is 4.36. The van der Waals surface area contributed by atoms with E-state index in [9.17, 15) is 9.90 Å². The minimum Gasteiger partial charge on any atom is -0.388 e. The van der Waals surface area contributed by atoms with Gasteiger partial charge in [0.2, 0.25) is 0 Å². The van der Waals surface area contributed by atoms with Crippen LogP contribution in [0.5, 0.6) is 0 Å². The minimum absolute atomic E-state index is 0.0239. The van der Waals surface area contributed by atoms with Gasteiger partial charge in [0.25, 0.3) is 0 Å². The molecule has 1 aliphatic rings. The molecule has 3 aromatic rings. The van der Waals surface area contributed by atoms with Crippen LogP contribution < -0.4 is 0 Å². The Morgan fingerprint density at radius 1 is 0.708 bits per heavy atom. The third kappa shape index (κ3) is 2.36. The molecule has 118 valence electrons. The van der Waals surface area contributed by atoms with Gasteiger partial charge >= 0.3 is 0 Å². The summed E-state index contributed by atoms with van der Waals surface area (Å²) in [6.45, 7) is 0. The fourth-order valence-corrected chi connectivity index (χ4v) is 3.76. The first-order chi connectivity index (χ1) is 11.8. The van der Waals surface area contributed by atoms with Crippen molar-refractivity contribution in [3.63, 3.8) is 0 Å². The van der Waals surface area contributed by atoms with Crippen molar-refractivity contribution < 1.29 is 9.90 Å². The normalized spacial score (nSPS) is 19.5. The van der Waals surface area contributed by atoms with Crippen molar-refractivity contribution in [2.24, 2.45) is 5.92 Å². The Labute approximate surface area is 141 Å². The van der Waals surface area contributed by atoms with Gasteiger partial charge in [0.1, 0.15) is 0 Å². The molecule has 2 nitrogen and oxygen atoms in total. The van der Waals surface area contributed by atoms with E-state index in [0.29, 0.717) is 5.56 Å². The maximum absolute atomic E-state index is 13.0. The topological polar surface area (TPSA) is 37.3 Å². The van der Waals surface area contributed by atoms with Crippen LogP contribution >= 0.6 is 0 Å². The van der Waals surface area contributed by atoms with Gasteiger partial charge < -0.3 is 5.11 Å². The van der Waals surface area contributed by atoms with Gasteiger partial charge in [-0.3, -0.25) is 4.79 Å². The van der Waals surface area contributed by atoms with E-state index in [1.165, 1.54) is 0 Å². The van der Waals surface area contributed by atoms with E-state index in [4.69, 9.17) is 0 Å². The highest BCUT2D eigenvalue weighted by atomic mass is 16.3. The van der Waals surface area contributed by atoms with Crippen LogP contribution in [0, 0.1) is 5.92 Å². The van der Waals surface area contributed by atoms with Gasteiger partial charge in [0.15, 0.2) is 5.78 Å². The van der Waals surface area contributed by atoms with Crippen LogP contribution in [0.3, 0.4) is 0 Å². The monoisotopic (exact) mass is 314 g/mol. The number of ketones is 1. The molecule has 0 heterocycles. The molecular formula is C22H18O2. The van der Waals surface area contributed by atoms with E-state index < -0.39 is 12.0 Å². The molecule has 1 aliphatic carbocycles. The van der Waals surface area contributed by atoms with Crippen molar-refractivity contribution in [2.75, 3.05) is 0 Å². The third-order valence-corrected chi connectivity index (χ3v) is 4.86. The maximum atomic E-state index is 13.0. The van der Waals surface area contributed by atoms with Crippen molar-refractivity contribution in [1.82, 2.24) is 0 Å². The molecule has 24 heavy (non-hydrogen) atoms. The lowest BCUT2D eigenvalue weighted by molar-refractivity contribution is 0.0722. The molecule has 0 spiro atoms. The molecule has 1 N–H and O–H groups in total. The van der Waals surface area contributed by atoms with Crippen molar-refractivity contribution in [1.29, 1.82) is 0 Å². The van der Waals surface area contributed by atoms with Crippen LogP contribution in [0.25, 0.3) is 0 Å². The molecule has 0 amide bonds. The summed E-state index contributed by atoms with van der Waals surface area (Å²) < 4.78 is 0. The summed E-state index contributed by atoms with van der Waals surface area (Å²) in [6, 6.07) is 27.3. The summed E-state index contributed by atoms with van der Waals surface area (Å²) in [5.41, 5.74) is 3.49. The highest BCUT2D eigenvalue weighted by Gasteiger charge is 2.44. The Hall–Kier alpha value is -2.71. The second-order valence-electron chi connectivity index (χ2n) is 6.22. The van der Waals surface area contributed by atoms with Gasteiger partial charge in [-0.2, -0.15) is 0 Å². The van der Waals surface area contributed by atoms with Crippen LogP contribution in [-0.4, -0.2) is 10.9 Å². The van der Waals surface area contributed by atoms with E-state index in [0.717, 1.165) is 16.7 Å². The van der Waals surface area contributed by atoms with Crippen molar-refractivity contribution >= 4 is 5.78 Å². The number of benzene rings is 3. The zero-order valence-corrected chi connectivity index (χ0v) is 13.2. The first-order valence-electron chi connectivity index (χ1n) is 8.18. The smallest absolute Gasteiger partial charge is 0.170 e. The highest BCUT2D eigenvalue weighted by Crippen LogP contribution is 2.46. The quantitative estimate of drug-likeness (QED) is 0.779. The Morgan fingerprint density at radius 3 is 1.75 bits per heavy atom. The zero-order valence-electron chi connectivity index (χ0n) is 13.2. The first kappa shape index (κ1) is 14.9. The number of carbonyl (C=O) groups excluding carboxylic acids is 1. The molecule has 0 fully saturated rings. The summed E-state index contributed by atoms with van der Waals surface area (Å²) in [4.78, 5) is 13.0. The summed E-state index contributed by atoms with van der Waals surface area (Å²) in [6.07, 6.45) is -0.779. The van der Waals surface area contributed by atoms with Gasteiger partial charge in [0, 0.05) is 11.5 Å². The number of aliphatic hydroxyl groups is 1.